The smallest absolute Gasteiger partial charge is 0.0787 e. The van der Waals surface area contributed by atoms with Crippen LogP contribution in [0.1, 0.15) is 20.3 Å². The number of nitrogens with one attached hydrogen (secondary N) is 1. The minimum Gasteiger partial charge on any atom is -0.384 e. The van der Waals surface area contributed by atoms with E-state index in [4.69, 9.17) is 9.47 Å². The van der Waals surface area contributed by atoms with Crippen LogP contribution in [-0.2, 0) is 9.47 Å². The van der Waals surface area contributed by atoms with Gasteiger partial charge in [0.2, 0.25) is 0 Å². The molecule has 2 atom stereocenters. The van der Waals surface area contributed by atoms with Gasteiger partial charge < -0.3 is 19.7 Å². The lowest BCUT2D eigenvalue weighted by molar-refractivity contribution is -0.0165. The summed E-state index contributed by atoms with van der Waals surface area (Å²) in [7, 11) is 5.57. The molecular weight excluding hydrogens is 216 g/mol. The summed E-state index contributed by atoms with van der Waals surface area (Å²) in [6.07, 6.45) is 1.25. The van der Waals surface area contributed by atoms with Crippen LogP contribution >= 0.6 is 0 Å². The first kappa shape index (κ1) is 14.9. The quantitative estimate of drug-likeness (QED) is 0.723. The maximum atomic E-state index is 5.56. The fraction of sp³-hybridized carbons (Fsp3) is 1.00. The van der Waals surface area contributed by atoms with Gasteiger partial charge in [-0.25, -0.2) is 0 Å². The summed E-state index contributed by atoms with van der Waals surface area (Å²) < 4.78 is 10.8. The standard InChI is InChI=1S/C13H28N2O2/c1-13(2,17-5)12(14-3)9-15-7-6-11(8-15)10-16-4/h11-12,14H,6-10H2,1-5H3. The van der Waals surface area contributed by atoms with Crippen molar-refractivity contribution in [1.29, 1.82) is 0 Å². The van der Waals surface area contributed by atoms with Crippen LogP contribution < -0.4 is 5.32 Å². The van der Waals surface area contributed by atoms with E-state index in [1.54, 1.807) is 14.2 Å². The number of likely N-dealkylation sites (tertiary alicyclic amines) is 1. The number of hydrogen-bond acceptors (Lipinski definition) is 4. The minimum absolute atomic E-state index is 0.131. The Balaban J connectivity index is 2.42. The predicted molar refractivity (Wildman–Crippen MR) is 70.4 cm³/mol. The zero-order chi connectivity index (χ0) is 12.9. The van der Waals surface area contributed by atoms with Crippen molar-refractivity contribution in [3.63, 3.8) is 0 Å². The van der Waals surface area contributed by atoms with Gasteiger partial charge in [0.1, 0.15) is 0 Å². The van der Waals surface area contributed by atoms with Crippen LogP contribution in [0, 0.1) is 5.92 Å². The number of ether oxygens (including phenoxy) is 2. The lowest BCUT2D eigenvalue weighted by Crippen LogP contribution is -2.52. The molecule has 1 N–H and O–H groups in total. The largest absolute Gasteiger partial charge is 0.384 e. The highest BCUT2D eigenvalue weighted by molar-refractivity contribution is 4.89. The number of likely N-dealkylation sites (N-methyl/N-ethyl adjacent to an activating group) is 1. The van der Waals surface area contributed by atoms with Gasteiger partial charge in [0.25, 0.3) is 0 Å². The van der Waals surface area contributed by atoms with Crippen LogP contribution in [0.15, 0.2) is 0 Å². The molecular formula is C13H28N2O2. The van der Waals surface area contributed by atoms with Crippen molar-refractivity contribution in [3.8, 4) is 0 Å². The maximum absolute atomic E-state index is 5.56. The molecule has 1 aliphatic heterocycles. The molecule has 0 aromatic heterocycles. The van der Waals surface area contributed by atoms with Crippen LogP contribution in [0.2, 0.25) is 0 Å². The zero-order valence-electron chi connectivity index (χ0n) is 12.0. The Morgan fingerprint density at radius 1 is 1.41 bits per heavy atom. The van der Waals surface area contributed by atoms with Gasteiger partial charge in [0.15, 0.2) is 0 Å². The first-order valence-electron chi connectivity index (χ1n) is 6.47. The van der Waals surface area contributed by atoms with Gasteiger partial charge in [-0.1, -0.05) is 0 Å². The van der Waals surface area contributed by atoms with Gasteiger partial charge in [-0.15, -0.1) is 0 Å². The monoisotopic (exact) mass is 244 g/mol. The van der Waals surface area contributed by atoms with Gasteiger partial charge >= 0.3 is 0 Å². The lowest BCUT2D eigenvalue weighted by atomic mass is 9.98. The first-order valence-corrected chi connectivity index (χ1v) is 6.47. The molecule has 4 nitrogen and oxygen atoms in total. The Morgan fingerprint density at radius 2 is 2.12 bits per heavy atom. The summed E-state index contributed by atoms with van der Waals surface area (Å²) in [5.41, 5.74) is -0.131. The molecule has 1 heterocycles. The molecule has 0 bridgehead atoms. The van der Waals surface area contributed by atoms with E-state index < -0.39 is 0 Å². The molecule has 1 fully saturated rings. The molecule has 1 saturated heterocycles. The van der Waals surface area contributed by atoms with E-state index >= 15 is 0 Å². The van der Waals surface area contributed by atoms with E-state index in [2.05, 4.69) is 24.1 Å². The molecule has 0 amide bonds. The molecule has 0 aliphatic carbocycles. The summed E-state index contributed by atoms with van der Waals surface area (Å²) in [4.78, 5) is 2.51. The number of rotatable bonds is 7. The molecule has 2 unspecified atom stereocenters. The Kier molecular flexibility index (Phi) is 5.86. The van der Waals surface area contributed by atoms with Crippen LogP contribution in [0.3, 0.4) is 0 Å². The highest BCUT2D eigenvalue weighted by Crippen LogP contribution is 2.20. The highest BCUT2D eigenvalue weighted by atomic mass is 16.5. The van der Waals surface area contributed by atoms with Crippen molar-refractivity contribution >= 4 is 0 Å². The Hall–Kier alpha value is -0.160. The van der Waals surface area contributed by atoms with Crippen molar-refractivity contribution in [2.24, 2.45) is 5.92 Å². The van der Waals surface area contributed by atoms with Crippen molar-refractivity contribution in [2.75, 3.05) is 47.5 Å². The van der Waals surface area contributed by atoms with E-state index in [1.165, 1.54) is 13.0 Å². The SMILES string of the molecule is CNC(CN1CCC(COC)C1)C(C)(C)OC. The average Bonchev–Trinajstić information content (AvgIpc) is 2.74. The van der Waals surface area contributed by atoms with E-state index in [0.29, 0.717) is 12.0 Å². The van der Waals surface area contributed by atoms with Crippen molar-refractivity contribution in [1.82, 2.24) is 10.2 Å². The Morgan fingerprint density at radius 3 is 2.65 bits per heavy atom. The van der Waals surface area contributed by atoms with Gasteiger partial charge in [-0.2, -0.15) is 0 Å². The number of nitrogens with zero attached hydrogens (tertiary/aromatic N) is 1. The number of hydrogen-bond donors (Lipinski definition) is 1. The van der Waals surface area contributed by atoms with Crippen LogP contribution in [-0.4, -0.2) is 64.1 Å². The lowest BCUT2D eigenvalue weighted by Gasteiger charge is -2.35. The second-order valence-electron chi connectivity index (χ2n) is 5.52. The summed E-state index contributed by atoms with van der Waals surface area (Å²) in [5.74, 6) is 0.697. The van der Waals surface area contributed by atoms with Crippen molar-refractivity contribution < 1.29 is 9.47 Å². The Bertz CT molecular complexity index is 221. The minimum atomic E-state index is -0.131. The topological polar surface area (TPSA) is 33.7 Å². The first-order chi connectivity index (χ1) is 8.03. The molecule has 0 spiro atoms. The zero-order valence-corrected chi connectivity index (χ0v) is 12.0. The summed E-state index contributed by atoms with van der Waals surface area (Å²) in [6, 6.07) is 0.355. The van der Waals surface area contributed by atoms with Crippen molar-refractivity contribution in [3.05, 3.63) is 0 Å². The second-order valence-corrected chi connectivity index (χ2v) is 5.52. The van der Waals surface area contributed by atoms with Gasteiger partial charge in [0, 0.05) is 33.4 Å². The fourth-order valence-electron chi connectivity index (χ4n) is 2.51. The molecule has 0 radical (unpaired) electrons. The van der Waals surface area contributed by atoms with Crippen molar-refractivity contribution in [2.45, 2.75) is 31.9 Å². The molecule has 0 aromatic rings. The van der Waals surface area contributed by atoms with E-state index in [1.807, 2.05) is 7.05 Å². The number of methoxy groups -OCH3 is 2. The molecule has 0 saturated carbocycles. The van der Waals surface area contributed by atoms with E-state index in [9.17, 15) is 0 Å². The second kappa shape index (κ2) is 6.69. The summed E-state index contributed by atoms with van der Waals surface area (Å²) >= 11 is 0. The molecule has 102 valence electrons. The average molecular weight is 244 g/mol. The van der Waals surface area contributed by atoms with Crippen LogP contribution in [0.5, 0.6) is 0 Å². The molecule has 1 rings (SSSR count). The fourth-order valence-corrected chi connectivity index (χ4v) is 2.51. The summed E-state index contributed by atoms with van der Waals surface area (Å²) in [5, 5.41) is 3.37. The normalized spacial score (nSPS) is 24.2. The van der Waals surface area contributed by atoms with Gasteiger partial charge in [-0.05, 0) is 39.8 Å². The molecule has 1 aliphatic rings. The molecule has 0 aromatic carbocycles. The molecule has 4 heteroatoms. The Labute approximate surface area is 106 Å². The predicted octanol–water partition coefficient (Wildman–Crippen LogP) is 0.968. The van der Waals surface area contributed by atoms with Crippen LogP contribution in [0.4, 0.5) is 0 Å². The third-order valence-corrected chi connectivity index (χ3v) is 3.93. The van der Waals surface area contributed by atoms with Crippen LogP contribution in [0.25, 0.3) is 0 Å². The maximum Gasteiger partial charge on any atom is 0.0787 e. The molecule has 17 heavy (non-hydrogen) atoms. The van der Waals surface area contributed by atoms with E-state index in [-0.39, 0.29) is 5.60 Å². The third-order valence-electron chi connectivity index (χ3n) is 3.93. The third kappa shape index (κ3) is 4.21. The summed E-state index contributed by atoms with van der Waals surface area (Å²) in [6.45, 7) is 8.51. The van der Waals surface area contributed by atoms with Gasteiger partial charge in [0.05, 0.1) is 12.2 Å². The van der Waals surface area contributed by atoms with E-state index in [0.717, 1.165) is 19.7 Å². The van der Waals surface area contributed by atoms with Gasteiger partial charge in [-0.3, -0.25) is 0 Å². The highest BCUT2D eigenvalue weighted by Gasteiger charge is 2.32.